The van der Waals surface area contributed by atoms with Gasteiger partial charge < -0.3 is 14.4 Å². The average molecular weight is 586 g/mol. The van der Waals surface area contributed by atoms with E-state index in [1.807, 2.05) is 0 Å². The molecule has 0 radical (unpaired) electrons. The third-order valence-corrected chi connectivity index (χ3v) is 7.30. The van der Waals surface area contributed by atoms with Crippen LogP contribution in [-0.4, -0.2) is 59.7 Å². The normalized spacial score (nSPS) is 17.6. The number of amides is 3. The van der Waals surface area contributed by atoms with Crippen LogP contribution in [0.3, 0.4) is 0 Å². The Morgan fingerprint density at radius 2 is 1.91 bits per heavy atom. The number of carbonyl (C=O) groups is 3. The second-order valence-electron chi connectivity index (χ2n) is 7.48. The summed E-state index contributed by atoms with van der Waals surface area (Å²) in [6.45, 7) is 1.80. The second kappa shape index (κ2) is 11.1. The number of hydrogen-bond donors (Lipinski definition) is 0. The van der Waals surface area contributed by atoms with Crippen molar-refractivity contribution in [1.29, 1.82) is 0 Å². The summed E-state index contributed by atoms with van der Waals surface area (Å²) in [6, 6.07) is 10.5. The van der Waals surface area contributed by atoms with Gasteiger partial charge in [-0.25, -0.2) is 0 Å². The molecule has 0 atom stereocenters. The van der Waals surface area contributed by atoms with Gasteiger partial charge in [-0.1, -0.05) is 35.3 Å². The molecule has 0 unspecified atom stereocenters. The summed E-state index contributed by atoms with van der Waals surface area (Å²) >= 11 is 16.4. The van der Waals surface area contributed by atoms with Crippen LogP contribution in [0, 0.1) is 0 Å². The van der Waals surface area contributed by atoms with Gasteiger partial charge in [0.05, 0.1) is 22.6 Å². The number of ether oxygens (including phenoxy) is 2. The molecule has 178 valence electrons. The number of nitrogens with zero attached hydrogens (tertiary/aromatic N) is 2. The Bertz CT molecular complexity index is 1170. The molecule has 7 nitrogen and oxygen atoms in total. The van der Waals surface area contributed by atoms with Gasteiger partial charge in [0.25, 0.3) is 11.1 Å². The van der Waals surface area contributed by atoms with Crippen LogP contribution < -0.4 is 4.74 Å². The summed E-state index contributed by atoms with van der Waals surface area (Å²) in [5.41, 5.74) is 1.50. The SMILES string of the molecule is O=C(CN1C(=O)S/C(=C/c2ccc(OCc3ccc(Cl)cc3Cl)c(Br)c2)C1=O)N1CCOCC1. The fourth-order valence-corrected chi connectivity index (χ4v) is 5.17. The fraction of sp³-hybridized carbons (Fsp3) is 0.261. The Morgan fingerprint density at radius 3 is 2.62 bits per heavy atom. The highest BCUT2D eigenvalue weighted by molar-refractivity contribution is 9.10. The number of hydrogen-bond acceptors (Lipinski definition) is 6. The third-order valence-electron chi connectivity index (χ3n) is 5.18. The molecule has 11 heteroatoms. The molecular formula is C23H19BrCl2N2O5S. The number of benzene rings is 2. The lowest BCUT2D eigenvalue weighted by molar-refractivity contribution is -0.139. The van der Waals surface area contributed by atoms with E-state index in [2.05, 4.69) is 15.9 Å². The van der Waals surface area contributed by atoms with Crippen molar-refractivity contribution in [3.63, 3.8) is 0 Å². The van der Waals surface area contributed by atoms with Gasteiger partial charge in [0.15, 0.2) is 0 Å². The molecule has 2 aromatic rings. The van der Waals surface area contributed by atoms with E-state index in [0.717, 1.165) is 22.2 Å². The predicted molar refractivity (Wildman–Crippen MR) is 135 cm³/mol. The standard InChI is InChI=1S/C23H19BrCl2N2O5S/c24-17-9-14(1-4-19(17)33-13-15-2-3-16(25)11-18(15)26)10-20-22(30)28(23(31)34-20)12-21(29)27-5-7-32-8-6-27/h1-4,9-11H,5-8,12-13H2/b20-10+. The van der Waals surface area contributed by atoms with E-state index in [4.69, 9.17) is 32.7 Å². The summed E-state index contributed by atoms with van der Waals surface area (Å²) in [7, 11) is 0. The van der Waals surface area contributed by atoms with E-state index in [9.17, 15) is 14.4 Å². The van der Waals surface area contributed by atoms with Crippen LogP contribution in [0.25, 0.3) is 6.08 Å². The zero-order valence-electron chi connectivity index (χ0n) is 17.8. The van der Waals surface area contributed by atoms with Crippen molar-refractivity contribution in [1.82, 2.24) is 9.80 Å². The highest BCUT2D eigenvalue weighted by Gasteiger charge is 2.37. The first-order valence-electron chi connectivity index (χ1n) is 10.3. The quantitative estimate of drug-likeness (QED) is 0.432. The fourth-order valence-electron chi connectivity index (χ4n) is 3.35. The van der Waals surface area contributed by atoms with Crippen LogP contribution in [-0.2, 0) is 20.9 Å². The molecule has 0 N–H and O–H groups in total. The average Bonchev–Trinajstić information content (AvgIpc) is 3.07. The molecule has 0 aliphatic carbocycles. The van der Waals surface area contributed by atoms with Crippen LogP contribution in [0.4, 0.5) is 4.79 Å². The lowest BCUT2D eigenvalue weighted by atomic mass is 10.2. The van der Waals surface area contributed by atoms with Crippen molar-refractivity contribution < 1.29 is 23.9 Å². The largest absolute Gasteiger partial charge is 0.488 e. The molecular weight excluding hydrogens is 567 g/mol. The van der Waals surface area contributed by atoms with Crippen molar-refractivity contribution in [3.8, 4) is 5.75 Å². The number of rotatable bonds is 6. The highest BCUT2D eigenvalue weighted by atomic mass is 79.9. The summed E-state index contributed by atoms with van der Waals surface area (Å²) in [5.74, 6) is -0.158. The maximum atomic E-state index is 12.8. The smallest absolute Gasteiger partial charge is 0.294 e. The molecule has 0 aromatic heterocycles. The first kappa shape index (κ1) is 25.1. The van der Waals surface area contributed by atoms with E-state index < -0.39 is 11.1 Å². The Labute approximate surface area is 219 Å². The molecule has 0 bridgehead atoms. The Balaban J connectivity index is 1.41. The van der Waals surface area contributed by atoms with Crippen molar-refractivity contribution >= 4 is 74.0 Å². The maximum Gasteiger partial charge on any atom is 0.294 e. The van der Waals surface area contributed by atoms with Crippen LogP contribution in [0.2, 0.25) is 10.0 Å². The zero-order chi connectivity index (χ0) is 24.2. The second-order valence-corrected chi connectivity index (χ2v) is 10.2. The van der Waals surface area contributed by atoms with Gasteiger partial charge in [-0.05, 0) is 63.6 Å². The Kier molecular flexibility index (Phi) is 8.21. The van der Waals surface area contributed by atoms with Crippen molar-refractivity contribution in [2.24, 2.45) is 0 Å². The summed E-state index contributed by atoms with van der Waals surface area (Å²) < 4.78 is 11.8. The van der Waals surface area contributed by atoms with Crippen LogP contribution >= 0.6 is 50.9 Å². The summed E-state index contributed by atoms with van der Waals surface area (Å²) in [5, 5.41) is 0.606. The molecule has 2 aromatic carbocycles. The number of imide groups is 1. The Hall–Kier alpha value is -2.04. The minimum atomic E-state index is -0.481. The van der Waals surface area contributed by atoms with E-state index in [-0.39, 0.29) is 24.0 Å². The van der Waals surface area contributed by atoms with Gasteiger partial charge in [0.1, 0.15) is 18.9 Å². The molecule has 0 spiro atoms. The van der Waals surface area contributed by atoms with Gasteiger partial charge in [0, 0.05) is 28.7 Å². The molecule has 2 saturated heterocycles. The zero-order valence-corrected chi connectivity index (χ0v) is 21.7. The predicted octanol–water partition coefficient (Wildman–Crippen LogP) is 5.23. The van der Waals surface area contributed by atoms with Crippen LogP contribution in [0.5, 0.6) is 5.75 Å². The van der Waals surface area contributed by atoms with E-state index >= 15 is 0 Å². The van der Waals surface area contributed by atoms with E-state index in [0.29, 0.717) is 52.1 Å². The highest BCUT2D eigenvalue weighted by Crippen LogP contribution is 2.34. The van der Waals surface area contributed by atoms with E-state index in [1.165, 1.54) is 0 Å². The minimum Gasteiger partial charge on any atom is -0.488 e. The molecule has 2 fully saturated rings. The summed E-state index contributed by atoms with van der Waals surface area (Å²) in [6.07, 6.45) is 1.62. The first-order valence-corrected chi connectivity index (χ1v) is 12.7. The first-order chi connectivity index (χ1) is 16.3. The van der Waals surface area contributed by atoms with Crippen molar-refractivity contribution in [2.45, 2.75) is 6.61 Å². The lowest BCUT2D eigenvalue weighted by Crippen LogP contribution is -2.46. The molecule has 34 heavy (non-hydrogen) atoms. The maximum absolute atomic E-state index is 12.8. The van der Waals surface area contributed by atoms with Gasteiger partial charge >= 0.3 is 0 Å². The molecule has 0 saturated carbocycles. The van der Waals surface area contributed by atoms with Gasteiger partial charge in [-0.2, -0.15) is 0 Å². The lowest BCUT2D eigenvalue weighted by Gasteiger charge is -2.28. The summed E-state index contributed by atoms with van der Waals surface area (Å²) in [4.78, 5) is 40.4. The minimum absolute atomic E-state index is 0.254. The molecule has 2 heterocycles. The van der Waals surface area contributed by atoms with Gasteiger partial charge in [-0.3, -0.25) is 19.3 Å². The third kappa shape index (κ3) is 5.95. The van der Waals surface area contributed by atoms with Crippen LogP contribution in [0.1, 0.15) is 11.1 Å². The Morgan fingerprint density at radius 1 is 1.15 bits per heavy atom. The van der Waals surface area contributed by atoms with E-state index in [1.54, 1.807) is 47.4 Å². The topological polar surface area (TPSA) is 76.2 Å². The molecule has 3 amide bonds. The number of halogens is 3. The number of carbonyl (C=O) groups excluding carboxylic acids is 3. The monoisotopic (exact) mass is 584 g/mol. The number of thioether (sulfide) groups is 1. The van der Waals surface area contributed by atoms with Gasteiger partial charge in [0.2, 0.25) is 5.91 Å². The molecule has 4 rings (SSSR count). The number of morpholine rings is 1. The van der Waals surface area contributed by atoms with Crippen molar-refractivity contribution in [2.75, 3.05) is 32.8 Å². The van der Waals surface area contributed by atoms with Crippen molar-refractivity contribution in [3.05, 3.63) is 66.9 Å². The molecule has 2 aliphatic rings. The molecule has 2 aliphatic heterocycles. The van der Waals surface area contributed by atoms with Crippen LogP contribution in [0.15, 0.2) is 45.8 Å². The van der Waals surface area contributed by atoms with Gasteiger partial charge in [-0.15, -0.1) is 0 Å².